The predicted molar refractivity (Wildman–Crippen MR) is 77.9 cm³/mol. The van der Waals surface area contributed by atoms with Crippen molar-refractivity contribution in [1.82, 2.24) is 0 Å². The maximum absolute atomic E-state index is 10.5. The van der Waals surface area contributed by atoms with Crippen LogP contribution in [0.4, 0.5) is 0 Å². The number of allylic oxidation sites excluding steroid dienone is 1. The van der Waals surface area contributed by atoms with Gasteiger partial charge in [-0.15, -0.1) is 11.3 Å². The van der Waals surface area contributed by atoms with Crippen molar-refractivity contribution in [3.63, 3.8) is 0 Å². The van der Waals surface area contributed by atoms with Crippen molar-refractivity contribution >= 4 is 11.3 Å². The highest BCUT2D eigenvalue weighted by atomic mass is 32.1. The molecule has 0 radical (unpaired) electrons. The van der Waals surface area contributed by atoms with Gasteiger partial charge in [-0.2, -0.15) is 0 Å². The number of aliphatic hydroxyl groups excluding tert-OH is 1. The SMILES string of the molecule is CC/C=C/C(c1ccccc1)C(O)c1cccs1. The minimum atomic E-state index is -0.463. The summed E-state index contributed by atoms with van der Waals surface area (Å²) in [6.45, 7) is 2.11. The lowest BCUT2D eigenvalue weighted by atomic mass is 9.92. The summed E-state index contributed by atoms with van der Waals surface area (Å²) < 4.78 is 0. The molecule has 2 atom stereocenters. The van der Waals surface area contributed by atoms with Crippen LogP contribution in [0.3, 0.4) is 0 Å². The molecule has 0 amide bonds. The van der Waals surface area contributed by atoms with Gasteiger partial charge in [-0.25, -0.2) is 0 Å². The summed E-state index contributed by atoms with van der Waals surface area (Å²) in [6, 6.07) is 14.1. The smallest absolute Gasteiger partial charge is 0.0984 e. The summed E-state index contributed by atoms with van der Waals surface area (Å²) in [5, 5.41) is 12.5. The molecule has 2 rings (SSSR count). The molecule has 2 heteroatoms. The molecule has 1 aromatic heterocycles. The van der Waals surface area contributed by atoms with Gasteiger partial charge in [-0.3, -0.25) is 0 Å². The fourth-order valence-electron chi connectivity index (χ4n) is 1.99. The van der Waals surface area contributed by atoms with Gasteiger partial charge in [-0.1, -0.05) is 55.5 Å². The Labute approximate surface area is 112 Å². The number of benzene rings is 1. The maximum Gasteiger partial charge on any atom is 0.0984 e. The number of aliphatic hydroxyl groups is 1. The van der Waals surface area contributed by atoms with Crippen molar-refractivity contribution in [3.05, 3.63) is 70.4 Å². The van der Waals surface area contributed by atoms with Crippen LogP contribution in [0, 0.1) is 0 Å². The van der Waals surface area contributed by atoms with E-state index >= 15 is 0 Å². The Kier molecular flexibility index (Phi) is 4.73. The fraction of sp³-hybridized carbons (Fsp3) is 0.250. The third-order valence-corrected chi connectivity index (χ3v) is 3.88. The molecule has 0 bridgehead atoms. The van der Waals surface area contributed by atoms with Gasteiger partial charge in [0.05, 0.1) is 6.10 Å². The van der Waals surface area contributed by atoms with Gasteiger partial charge in [0.2, 0.25) is 0 Å². The Morgan fingerprint density at radius 3 is 2.56 bits per heavy atom. The van der Waals surface area contributed by atoms with Gasteiger partial charge in [0.25, 0.3) is 0 Å². The van der Waals surface area contributed by atoms with E-state index in [0.29, 0.717) is 0 Å². The molecule has 0 aliphatic rings. The van der Waals surface area contributed by atoms with E-state index in [9.17, 15) is 5.11 Å². The average Bonchev–Trinajstić information content (AvgIpc) is 2.94. The van der Waals surface area contributed by atoms with Crippen molar-refractivity contribution in [2.24, 2.45) is 0 Å². The monoisotopic (exact) mass is 258 g/mol. The molecule has 1 aromatic carbocycles. The third-order valence-electron chi connectivity index (χ3n) is 2.94. The summed E-state index contributed by atoms with van der Waals surface area (Å²) in [5.41, 5.74) is 1.16. The number of thiophene rings is 1. The Hall–Kier alpha value is -1.38. The van der Waals surface area contributed by atoms with Crippen LogP contribution in [0.2, 0.25) is 0 Å². The first-order chi connectivity index (χ1) is 8.83. The van der Waals surface area contributed by atoms with Crippen LogP contribution in [-0.2, 0) is 0 Å². The van der Waals surface area contributed by atoms with Crippen LogP contribution in [0.1, 0.15) is 35.8 Å². The molecule has 18 heavy (non-hydrogen) atoms. The van der Waals surface area contributed by atoms with Crippen LogP contribution < -0.4 is 0 Å². The molecule has 1 nitrogen and oxygen atoms in total. The van der Waals surface area contributed by atoms with E-state index in [1.54, 1.807) is 11.3 Å². The average molecular weight is 258 g/mol. The zero-order valence-corrected chi connectivity index (χ0v) is 11.3. The second kappa shape index (κ2) is 6.53. The molecule has 0 saturated heterocycles. The molecule has 1 N–H and O–H groups in total. The lowest BCUT2D eigenvalue weighted by molar-refractivity contribution is 0.165. The van der Waals surface area contributed by atoms with Gasteiger partial charge in [0.1, 0.15) is 0 Å². The zero-order valence-electron chi connectivity index (χ0n) is 10.5. The molecule has 0 aliphatic carbocycles. The number of rotatable bonds is 5. The summed E-state index contributed by atoms with van der Waals surface area (Å²) >= 11 is 1.60. The van der Waals surface area contributed by atoms with Gasteiger partial charge >= 0.3 is 0 Å². The molecule has 2 aromatic rings. The molecular weight excluding hydrogens is 240 g/mol. The largest absolute Gasteiger partial charge is 0.387 e. The van der Waals surface area contributed by atoms with E-state index in [4.69, 9.17) is 0 Å². The summed E-state index contributed by atoms with van der Waals surface area (Å²) in [4.78, 5) is 1.02. The molecule has 1 heterocycles. The zero-order chi connectivity index (χ0) is 12.8. The van der Waals surface area contributed by atoms with Gasteiger partial charge in [0.15, 0.2) is 0 Å². The molecule has 94 valence electrons. The Balaban J connectivity index is 2.28. The minimum absolute atomic E-state index is 0.0322. The molecule has 0 spiro atoms. The van der Waals surface area contributed by atoms with Crippen molar-refractivity contribution in [2.45, 2.75) is 25.4 Å². The number of hydrogen-bond donors (Lipinski definition) is 1. The first kappa shape index (κ1) is 13.1. The second-order valence-electron chi connectivity index (χ2n) is 4.23. The van der Waals surface area contributed by atoms with Crippen LogP contribution in [0.15, 0.2) is 60.0 Å². The Bertz CT molecular complexity index is 473. The summed E-state index contributed by atoms with van der Waals surface area (Å²) in [7, 11) is 0. The quantitative estimate of drug-likeness (QED) is 0.781. The van der Waals surface area contributed by atoms with E-state index in [-0.39, 0.29) is 5.92 Å². The molecule has 0 saturated carbocycles. The lowest BCUT2D eigenvalue weighted by Crippen LogP contribution is -2.07. The highest BCUT2D eigenvalue weighted by Crippen LogP contribution is 2.34. The molecule has 0 fully saturated rings. The fourth-order valence-corrected chi connectivity index (χ4v) is 2.75. The lowest BCUT2D eigenvalue weighted by Gasteiger charge is -2.19. The topological polar surface area (TPSA) is 20.2 Å². The van der Waals surface area contributed by atoms with E-state index in [1.165, 1.54) is 0 Å². The first-order valence-electron chi connectivity index (χ1n) is 6.26. The summed E-state index contributed by atoms with van der Waals surface area (Å²) in [5.74, 6) is 0.0322. The predicted octanol–water partition coefficient (Wildman–Crippen LogP) is 4.53. The van der Waals surface area contributed by atoms with Crippen LogP contribution >= 0.6 is 11.3 Å². The van der Waals surface area contributed by atoms with Crippen molar-refractivity contribution < 1.29 is 5.11 Å². The highest BCUT2D eigenvalue weighted by molar-refractivity contribution is 7.10. The van der Waals surface area contributed by atoms with Crippen molar-refractivity contribution in [2.75, 3.05) is 0 Å². The Morgan fingerprint density at radius 2 is 1.94 bits per heavy atom. The normalized spacial score (nSPS) is 14.8. The van der Waals surface area contributed by atoms with E-state index in [1.807, 2.05) is 35.7 Å². The Morgan fingerprint density at radius 1 is 1.17 bits per heavy atom. The van der Waals surface area contributed by atoms with Gasteiger partial charge in [0, 0.05) is 10.8 Å². The van der Waals surface area contributed by atoms with E-state index in [0.717, 1.165) is 16.9 Å². The van der Waals surface area contributed by atoms with Crippen LogP contribution in [0.5, 0.6) is 0 Å². The van der Waals surface area contributed by atoms with Gasteiger partial charge in [-0.05, 0) is 23.4 Å². The summed E-state index contributed by atoms with van der Waals surface area (Å²) in [6.07, 6.45) is 4.75. The maximum atomic E-state index is 10.5. The van der Waals surface area contributed by atoms with Gasteiger partial charge < -0.3 is 5.11 Å². The highest BCUT2D eigenvalue weighted by Gasteiger charge is 2.20. The molecule has 0 aliphatic heterocycles. The van der Waals surface area contributed by atoms with Crippen molar-refractivity contribution in [3.8, 4) is 0 Å². The second-order valence-corrected chi connectivity index (χ2v) is 5.21. The third kappa shape index (κ3) is 3.09. The minimum Gasteiger partial charge on any atom is -0.387 e. The van der Waals surface area contributed by atoms with Crippen molar-refractivity contribution in [1.29, 1.82) is 0 Å². The first-order valence-corrected chi connectivity index (χ1v) is 7.14. The molecule has 2 unspecified atom stereocenters. The van der Waals surface area contributed by atoms with Crippen LogP contribution in [0.25, 0.3) is 0 Å². The van der Waals surface area contributed by atoms with Crippen LogP contribution in [-0.4, -0.2) is 5.11 Å². The van der Waals surface area contributed by atoms with E-state index < -0.39 is 6.10 Å². The molecular formula is C16H18OS. The number of hydrogen-bond acceptors (Lipinski definition) is 2. The standard InChI is InChI=1S/C16H18OS/c1-2-3-10-14(13-8-5-4-6-9-13)16(17)15-11-7-12-18-15/h3-12,14,16-17H,2H2,1H3/b10-3+. The van der Waals surface area contributed by atoms with E-state index in [2.05, 4.69) is 31.2 Å².